The normalized spacial score (nSPS) is 34.8. The molecule has 104 valence electrons. The SMILES string of the molecule is O=C(O)[C@H]1OC(Oc2ccccc2)[C@H](O)[C@@H](O)[C@@H]1O. The van der Waals surface area contributed by atoms with E-state index in [0.717, 1.165) is 0 Å². The number of carboxylic acids is 1. The number of carbonyl (C=O) groups is 1. The van der Waals surface area contributed by atoms with E-state index in [1.165, 1.54) is 0 Å². The zero-order chi connectivity index (χ0) is 14.0. The molecule has 7 heteroatoms. The van der Waals surface area contributed by atoms with Crippen molar-refractivity contribution in [1.29, 1.82) is 0 Å². The average Bonchev–Trinajstić information content (AvgIpc) is 2.40. The summed E-state index contributed by atoms with van der Waals surface area (Å²) in [5.74, 6) is -1.10. The predicted molar refractivity (Wildman–Crippen MR) is 61.4 cm³/mol. The number of para-hydroxylation sites is 1. The van der Waals surface area contributed by atoms with Crippen molar-refractivity contribution in [2.75, 3.05) is 0 Å². The van der Waals surface area contributed by atoms with Crippen molar-refractivity contribution in [1.82, 2.24) is 0 Å². The molecule has 0 radical (unpaired) electrons. The molecule has 1 aliphatic rings. The third kappa shape index (κ3) is 2.85. The molecule has 2 rings (SSSR count). The highest BCUT2D eigenvalue weighted by Gasteiger charge is 2.48. The van der Waals surface area contributed by atoms with Crippen LogP contribution < -0.4 is 4.74 Å². The number of carboxylic acid groups (broad SMARTS) is 1. The monoisotopic (exact) mass is 270 g/mol. The van der Waals surface area contributed by atoms with Crippen LogP contribution in [0.1, 0.15) is 0 Å². The van der Waals surface area contributed by atoms with Gasteiger partial charge in [-0.2, -0.15) is 0 Å². The summed E-state index contributed by atoms with van der Waals surface area (Å²) < 4.78 is 10.2. The Morgan fingerprint density at radius 3 is 2.26 bits per heavy atom. The highest BCUT2D eigenvalue weighted by atomic mass is 16.7. The van der Waals surface area contributed by atoms with Crippen LogP contribution in [0.25, 0.3) is 0 Å². The lowest BCUT2D eigenvalue weighted by molar-refractivity contribution is -0.271. The van der Waals surface area contributed by atoms with Gasteiger partial charge in [0, 0.05) is 0 Å². The Kier molecular flexibility index (Phi) is 4.01. The van der Waals surface area contributed by atoms with E-state index in [4.69, 9.17) is 14.6 Å². The number of hydrogen-bond donors (Lipinski definition) is 4. The highest BCUT2D eigenvalue weighted by Crippen LogP contribution is 2.24. The molecule has 1 unspecified atom stereocenters. The summed E-state index contributed by atoms with van der Waals surface area (Å²) in [6.45, 7) is 0. The van der Waals surface area contributed by atoms with Crippen LogP contribution in [0.3, 0.4) is 0 Å². The first-order chi connectivity index (χ1) is 9.00. The first-order valence-electron chi connectivity index (χ1n) is 5.65. The standard InChI is InChI=1S/C12H14O7/c13-7-8(14)10(11(16)17)19-12(9(7)15)18-6-4-2-1-3-5-6/h1-5,7-10,12-15H,(H,16,17)/t7-,8-,9+,10-,12?/m0/s1. The fraction of sp³-hybridized carbons (Fsp3) is 0.417. The van der Waals surface area contributed by atoms with Gasteiger partial charge in [-0.1, -0.05) is 18.2 Å². The summed E-state index contributed by atoms with van der Waals surface area (Å²) in [5.41, 5.74) is 0. The van der Waals surface area contributed by atoms with Gasteiger partial charge in [0.15, 0.2) is 6.10 Å². The van der Waals surface area contributed by atoms with Gasteiger partial charge in [0.25, 0.3) is 0 Å². The van der Waals surface area contributed by atoms with Crippen LogP contribution >= 0.6 is 0 Å². The molecular weight excluding hydrogens is 256 g/mol. The maximum Gasteiger partial charge on any atom is 0.335 e. The highest BCUT2D eigenvalue weighted by molar-refractivity contribution is 5.73. The number of aliphatic hydroxyl groups excluding tert-OH is 3. The van der Waals surface area contributed by atoms with Crippen LogP contribution in [-0.4, -0.2) is 57.1 Å². The molecule has 0 amide bonds. The smallest absolute Gasteiger partial charge is 0.335 e. The third-order valence-electron chi connectivity index (χ3n) is 2.81. The summed E-state index contributed by atoms with van der Waals surface area (Å²) in [6, 6.07) is 8.30. The summed E-state index contributed by atoms with van der Waals surface area (Å²) in [7, 11) is 0. The summed E-state index contributed by atoms with van der Waals surface area (Å²) in [6.07, 6.45) is -7.97. The van der Waals surface area contributed by atoms with Crippen LogP contribution in [0.5, 0.6) is 5.75 Å². The second-order valence-electron chi connectivity index (χ2n) is 4.17. The molecule has 1 aromatic rings. The fourth-order valence-electron chi connectivity index (χ4n) is 1.78. The lowest BCUT2D eigenvalue weighted by Gasteiger charge is -2.38. The van der Waals surface area contributed by atoms with Crippen LogP contribution in [0.15, 0.2) is 30.3 Å². The van der Waals surface area contributed by atoms with E-state index in [-0.39, 0.29) is 0 Å². The molecule has 4 N–H and O–H groups in total. The zero-order valence-corrected chi connectivity index (χ0v) is 9.79. The topological polar surface area (TPSA) is 116 Å². The van der Waals surface area contributed by atoms with E-state index >= 15 is 0 Å². The van der Waals surface area contributed by atoms with Crippen LogP contribution in [-0.2, 0) is 9.53 Å². The van der Waals surface area contributed by atoms with Gasteiger partial charge in [0.1, 0.15) is 24.1 Å². The molecule has 0 aromatic heterocycles. The van der Waals surface area contributed by atoms with Gasteiger partial charge in [0.2, 0.25) is 6.29 Å². The molecule has 0 saturated carbocycles. The maximum atomic E-state index is 10.9. The van der Waals surface area contributed by atoms with Crippen molar-refractivity contribution in [3.63, 3.8) is 0 Å². The number of ether oxygens (including phenoxy) is 2. The number of benzene rings is 1. The van der Waals surface area contributed by atoms with E-state index in [0.29, 0.717) is 5.75 Å². The Hall–Kier alpha value is -1.67. The van der Waals surface area contributed by atoms with Crippen molar-refractivity contribution in [3.05, 3.63) is 30.3 Å². The quantitative estimate of drug-likeness (QED) is 0.554. The molecule has 5 atom stereocenters. The maximum absolute atomic E-state index is 10.9. The molecular formula is C12H14O7. The van der Waals surface area contributed by atoms with Crippen molar-refractivity contribution in [3.8, 4) is 5.75 Å². The Balaban J connectivity index is 2.13. The summed E-state index contributed by atoms with van der Waals surface area (Å²) in [4.78, 5) is 10.9. The predicted octanol–water partition coefficient (Wildman–Crippen LogP) is -1.04. The minimum Gasteiger partial charge on any atom is -0.479 e. The summed E-state index contributed by atoms with van der Waals surface area (Å²) in [5, 5.41) is 37.7. The first-order valence-corrected chi connectivity index (χ1v) is 5.65. The molecule has 0 spiro atoms. The molecule has 19 heavy (non-hydrogen) atoms. The van der Waals surface area contributed by atoms with Crippen molar-refractivity contribution >= 4 is 5.97 Å². The fourth-order valence-corrected chi connectivity index (χ4v) is 1.78. The molecule has 0 aliphatic carbocycles. The third-order valence-corrected chi connectivity index (χ3v) is 2.81. The molecule has 7 nitrogen and oxygen atoms in total. The lowest BCUT2D eigenvalue weighted by atomic mass is 9.99. The number of rotatable bonds is 3. The molecule has 1 aliphatic heterocycles. The molecule has 0 bridgehead atoms. The van der Waals surface area contributed by atoms with Gasteiger partial charge < -0.3 is 29.9 Å². The Labute approximate surface area is 108 Å². The second-order valence-corrected chi connectivity index (χ2v) is 4.17. The van der Waals surface area contributed by atoms with Gasteiger partial charge in [-0.05, 0) is 12.1 Å². The van der Waals surface area contributed by atoms with Gasteiger partial charge in [0.05, 0.1) is 0 Å². The lowest BCUT2D eigenvalue weighted by Crippen LogP contribution is -2.61. The minimum absolute atomic E-state index is 0.347. The number of hydrogen-bond acceptors (Lipinski definition) is 6. The minimum atomic E-state index is -1.72. The molecule has 1 fully saturated rings. The van der Waals surface area contributed by atoms with Gasteiger partial charge in [-0.25, -0.2) is 4.79 Å². The van der Waals surface area contributed by atoms with Gasteiger partial charge >= 0.3 is 5.97 Å². The Morgan fingerprint density at radius 1 is 1.05 bits per heavy atom. The summed E-state index contributed by atoms with van der Waals surface area (Å²) >= 11 is 0. The van der Waals surface area contributed by atoms with E-state index in [1.807, 2.05) is 0 Å². The van der Waals surface area contributed by atoms with Gasteiger partial charge in [-0.3, -0.25) is 0 Å². The first kappa shape index (κ1) is 13.8. The van der Waals surface area contributed by atoms with Crippen LogP contribution in [0.4, 0.5) is 0 Å². The average molecular weight is 270 g/mol. The molecule has 1 heterocycles. The Bertz CT molecular complexity index is 435. The second kappa shape index (κ2) is 5.54. The Morgan fingerprint density at radius 2 is 1.68 bits per heavy atom. The van der Waals surface area contributed by atoms with Crippen molar-refractivity contribution in [2.24, 2.45) is 0 Å². The number of aliphatic carboxylic acids is 1. The van der Waals surface area contributed by atoms with E-state index < -0.39 is 36.7 Å². The van der Waals surface area contributed by atoms with Gasteiger partial charge in [-0.15, -0.1) is 0 Å². The van der Waals surface area contributed by atoms with Crippen molar-refractivity contribution in [2.45, 2.75) is 30.7 Å². The number of aliphatic hydroxyl groups is 3. The largest absolute Gasteiger partial charge is 0.479 e. The molecule has 1 aromatic carbocycles. The zero-order valence-electron chi connectivity index (χ0n) is 9.79. The molecule has 1 saturated heterocycles. The van der Waals surface area contributed by atoms with Crippen molar-refractivity contribution < 1.29 is 34.7 Å². The van der Waals surface area contributed by atoms with E-state index in [2.05, 4.69) is 0 Å². The van der Waals surface area contributed by atoms with Crippen LogP contribution in [0.2, 0.25) is 0 Å². The van der Waals surface area contributed by atoms with E-state index in [1.54, 1.807) is 30.3 Å². The van der Waals surface area contributed by atoms with Crippen LogP contribution in [0, 0.1) is 0 Å². The van der Waals surface area contributed by atoms with E-state index in [9.17, 15) is 20.1 Å².